The van der Waals surface area contributed by atoms with Crippen LogP contribution < -0.4 is 5.32 Å². The van der Waals surface area contributed by atoms with Crippen LogP contribution in [0.5, 0.6) is 0 Å². The molecule has 3 heterocycles. The SMILES string of the molecule is COC(=O)c1cc(NC2CN3CCC2CC3)ccc1C. The summed E-state index contributed by atoms with van der Waals surface area (Å²) in [5.41, 5.74) is 2.63. The van der Waals surface area contributed by atoms with Crippen LogP contribution in [-0.2, 0) is 4.74 Å². The largest absolute Gasteiger partial charge is 0.465 e. The molecule has 4 rings (SSSR count). The van der Waals surface area contributed by atoms with Crippen molar-refractivity contribution in [1.82, 2.24) is 4.90 Å². The molecule has 0 aliphatic carbocycles. The smallest absolute Gasteiger partial charge is 0.338 e. The van der Waals surface area contributed by atoms with Crippen LogP contribution in [0.15, 0.2) is 18.2 Å². The van der Waals surface area contributed by atoms with Crippen molar-refractivity contribution in [3.63, 3.8) is 0 Å². The van der Waals surface area contributed by atoms with Gasteiger partial charge in [0.1, 0.15) is 0 Å². The molecule has 3 fully saturated rings. The molecule has 20 heavy (non-hydrogen) atoms. The van der Waals surface area contributed by atoms with Gasteiger partial charge in [0.15, 0.2) is 0 Å². The highest BCUT2D eigenvalue weighted by molar-refractivity contribution is 5.92. The Labute approximate surface area is 120 Å². The third kappa shape index (κ3) is 2.52. The number of fused-ring (bicyclic) bond motifs is 3. The van der Waals surface area contributed by atoms with E-state index in [9.17, 15) is 4.79 Å². The fourth-order valence-corrected chi connectivity index (χ4v) is 3.38. The number of anilines is 1. The summed E-state index contributed by atoms with van der Waals surface area (Å²) in [6, 6.07) is 6.46. The van der Waals surface area contributed by atoms with Crippen LogP contribution in [0, 0.1) is 12.8 Å². The highest BCUT2D eigenvalue weighted by atomic mass is 16.5. The van der Waals surface area contributed by atoms with E-state index in [0.717, 1.165) is 23.7 Å². The molecule has 1 aromatic carbocycles. The first-order chi connectivity index (χ1) is 9.67. The fourth-order valence-electron chi connectivity index (χ4n) is 3.38. The van der Waals surface area contributed by atoms with Crippen molar-refractivity contribution >= 4 is 11.7 Å². The van der Waals surface area contributed by atoms with Gasteiger partial charge in [-0.1, -0.05) is 6.07 Å². The van der Waals surface area contributed by atoms with Gasteiger partial charge in [0.2, 0.25) is 0 Å². The predicted octanol–water partition coefficient (Wildman–Crippen LogP) is 2.29. The molecule has 0 spiro atoms. The van der Waals surface area contributed by atoms with E-state index in [4.69, 9.17) is 4.74 Å². The van der Waals surface area contributed by atoms with Crippen molar-refractivity contribution < 1.29 is 9.53 Å². The van der Waals surface area contributed by atoms with Gasteiger partial charge in [0.25, 0.3) is 0 Å². The third-order valence-corrected chi connectivity index (χ3v) is 4.65. The summed E-state index contributed by atoms with van der Waals surface area (Å²) in [5, 5.41) is 3.61. The lowest BCUT2D eigenvalue weighted by molar-refractivity contribution is 0.0600. The Morgan fingerprint density at radius 3 is 2.70 bits per heavy atom. The second-order valence-electron chi connectivity index (χ2n) is 5.91. The predicted molar refractivity (Wildman–Crippen MR) is 79.1 cm³/mol. The van der Waals surface area contributed by atoms with Crippen LogP contribution in [0.2, 0.25) is 0 Å². The molecule has 3 aliphatic heterocycles. The highest BCUT2D eigenvalue weighted by Crippen LogP contribution is 2.30. The first-order valence-corrected chi connectivity index (χ1v) is 7.35. The molecular formula is C16H22N2O2. The average Bonchev–Trinajstić information content (AvgIpc) is 2.49. The molecule has 0 radical (unpaired) electrons. The Balaban J connectivity index is 1.76. The van der Waals surface area contributed by atoms with Crippen LogP contribution in [0.1, 0.15) is 28.8 Å². The van der Waals surface area contributed by atoms with Gasteiger partial charge in [-0.3, -0.25) is 0 Å². The molecule has 1 atom stereocenters. The lowest BCUT2D eigenvalue weighted by atomic mass is 9.84. The van der Waals surface area contributed by atoms with Gasteiger partial charge in [-0.2, -0.15) is 0 Å². The minimum absolute atomic E-state index is 0.264. The van der Waals surface area contributed by atoms with E-state index in [1.807, 2.05) is 19.1 Å². The number of carbonyl (C=O) groups excluding carboxylic acids is 1. The van der Waals surface area contributed by atoms with Gasteiger partial charge >= 0.3 is 5.97 Å². The number of aryl methyl sites for hydroxylation is 1. The molecule has 1 N–H and O–H groups in total. The summed E-state index contributed by atoms with van der Waals surface area (Å²) in [6.07, 6.45) is 2.57. The summed E-state index contributed by atoms with van der Waals surface area (Å²) >= 11 is 0. The first-order valence-electron chi connectivity index (χ1n) is 7.35. The molecule has 1 aromatic rings. The maximum Gasteiger partial charge on any atom is 0.338 e. The zero-order valence-corrected chi connectivity index (χ0v) is 12.2. The summed E-state index contributed by atoms with van der Waals surface area (Å²) in [7, 11) is 1.43. The van der Waals surface area contributed by atoms with Crippen molar-refractivity contribution in [3.05, 3.63) is 29.3 Å². The van der Waals surface area contributed by atoms with Crippen LogP contribution >= 0.6 is 0 Å². The number of benzene rings is 1. The maximum absolute atomic E-state index is 11.7. The summed E-state index contributed by atoms with van der Waals surface area (Å²) in [6.45, 7) is 5.53. The number of hydrogen-bond acceptors (Lipinski definition) is 4. The van der Waals surface area contributed by atoms with Gasteiger partial charge < -0.3 is 15.0 Å². The normalized spacial score (nSPS) is 28.2. The number of piperidine rings is 3. The summed E-state index contributed by atoms with van der Waals surface area (Å²) in [4.78, 5) is 14.3. The van der Waals surface area contributed by atoms with Crippen molar-refractivity contribution in [2.24, 2.45) is 5.92 Å². The van der Waals surface area contributed by atoms with E-state index in [2.05, 4.69) is 16.3 Å². The van der Waals surface area contributed by atoms with Crippen LogP contribution in [0.4, 0.5) is 5.69 Å². The summed E-state index contributed by atoms with van der Waals surface area (Å²) in [5.74, 6) is 0.503. The van der Waals surface area contributed by atoms with Crippen LogP contribution in [0.3, 0.4) is 0 Å². The van der Waals surface area contributed by atoms with E-state index in [1.54, 1.807) is 0 Å². The third-order valence-electron chi connectivity index (χ3n) is 4.65. The molecule has 4 nitrogen and oxygen atoms in total. The molecule has 1 unspecified atom stereocenters. The summed E-state index contributed by atoms with van der Waals surface area (Å²) < 4.78 is 4.84. The van der Waals surface area contributed by atoms with Gasteiger partial charge in [0.05, 0.1) is 12.7 Å². The van der Waals surface area contributed by atoms with Crippen molar-refractivity contribution in [3.8, 4) is 0 Å². The Hall–Kier alpha value is -1.55. The average molecular weight is 274 g/mol. The van der Waals surface area contributed by atoms with E-state index in [0.29, 0.717) is 11.6 Å². The topological polar surface area (TPSA) is 41.6 Å². The molecule has 0 amide bonds. The van der Waals surface area contributed by atoms with Crippen molar-refractivity contribution in [2.75, 3.05) is 32.1 Å². The fraction of sp³-hybridized carbons (Fsp3) is 0.562. The highest BCUT2D eigenvalue weighted by Gasteiger charge is 2.33. The number of ether oxygens (including phenoxy) is 1. The van der Waals surface area contributed by atoms with E-state index >= 15 is 0 Å². The minimum Gasteiger partial charge on any atom is -0.465 e. The van der Waals surface area contributed by atoms with Crippen LogP contribution in [0.25, 0.3) is 0 Å². The molecule has 0 saturated carbocycles. The molecule has 4 heteroatoms. The number of carbonyl (C=O) groups is 1. The maximum atomic E-state index is 11.7. The van der Waals surface area contributed by atoms with Gasteiger partial charge in [0, 0.05) is 18.3 Å². The van der Waals surface area contributed by atoms with Crippen molar-refractivity contribution in [2.45, 2.75) is 25.8 Å². The monoisotopic (exact) mass is 274 g/mol. The Bertz CT molecular complexity index is 507. The number of hydrogen-bond donors (Lipinski definition) is 1. The second-order valence-corrected chi connectivity index (χ2v) is 5.91. The molecule has 3 aliphatic rings. The van der Waals surface area contributed by atoms with Crippen LogP contribution in [-0.4, -0.2) is 43.7 Å². The number of rotatable bonds is 3. The minimum atomic E-state index is -0.264. The Morgan fingerprint density at radius 1 is 1.35 bits per heavy atom. The van der Waals surface area contributed by atoms with E-state index in [-0.39, 0.29) is 5.97 Å². The standard InChI is InChI=1S/C16H22N2O2/c1-11-3-4-13(9-14(11)16(19)20-2)17-15-10-18-7-5-12(15)6-8-18/h3-4,9,12,15,17H,5-8,10H2,1-2H3. The van der Waals surface area contributed by atoms with Crippen molar-refractivity contribution in [1.29, 1.82) is 0 Å². The molecule has 108 valence electrons. The lowest BCUT2D eigenvalue weighted by Crippen LogP contribution is -2.53. The second kappa shape index (κ2) is 5.44. The number of methoxy groups -OCH3 is 1. The first kappa shape index (κ1) is 13.4. The molecule has 0 aromatic heterocycles. The molecule has 2 bridgehead atoms. The molecule has 3 saturated heterocycles. The van der Waals surface area contributed by atoms with Gasteiger partial charge in [-0.15, -0.1) is 0 Å². The van der Waals surface area contributed by atoms with Gasteiger partial charge in [-0.05, 0) is 56.5 Å². The Morgan fingerprint density at radius 2 is 2.10 bits per heavy atom. The Kier molecular flexibility index (Phi) is 3.66. The lowest BCUT2D eigenvalue weighted by Gasteiger charge is -2.45. The quantitative estimate of drug-likeness (QED) is 0.859. The van der Waals surface area contributed by atoms with E-state index < -0.39 is 0 Å². The number of nitrogens with one attached hydrogen (secondary N) is 1. The van der Waals surface area contributed by atoms with Gasteiger partial charge in [-0.25, -0.2) is 4.79 Å². The van der Waals surface area contributed by atoms with E-state index in [1.165, 1.54) is 33.0 Å². The zero-order valence-electron chi connectivity index (χ0n) is 12.2. The molecular weight excluding hydrogens is 252 g/mol. The number of esters is 1. The number of nitrogens with zero attached hydrogens (tertiary/aromatic N) is 1. The zero-order chi connectivity index (χ0) is 14.1.